The first-order chi connectivity index (χ1) is 8.58. The van der Waals surface area contributed by atoms with Crippen molar-refractivity contribution in [2.45, 2.75) is 13.5 Å². The van der Waals surface area contributed by atoms with Crippen molar-refractivity contribution in [2.75, 3.05) is 5.32 Å². The van der Waals surface area contributed by atoms with E-state index in [1.807, 2.05) is 31.2 Å². The molecule has 0 bridgehead atoms. The smallest absolute Gasteiger partial charge is 0.134 e. The third kappa shape index (κ3) is 2.98. The van der Waals surface area contributed by atoms with Crippen molar-refractivity contribution < 1.29 is 5.11 Å². The number of phenolic OH excluding ortho intramolecular Hbond substituents is 1. The predicted octanol–water partition coefficient (Wildman–Crippen LogP) is 4.73. The second-order valence-corrected chi connectivity index (χ2v) is 5.28. The maximum absolute atomic E-state index is 9.35. The number of anilines is 1. The summed E-state index contributed by atoms with van der Waals surface area (Å²) < 4.78 is 1.06. The minimum atomic E-state index is 0.108. The number of benzene rings is 2. The fraction of sp³-hybridized carbons (Fsp3) is 0.143. The van der Waals surface area contributed by atoms with Gasteiger partial charge in [-0.1, -0.05) is 29.8 Å². The molecule has 0 fully saturated rings. The number of hydrogen-bond acceptors (Lipinski definition) is 2. The lowest BCUT2D eigenvalue weighted by molar-refractivity contribution is 0.475. The second kappa shape index (κ2) is 5.63. The van der Waals surface area contributed by atoms with E-state index < -0.39 is 0 Å². The summed E-state index contributed by atoms with van der Waals surface area (Å²) in [4.78, 5) is 0. The molecule has 4 heteroatoms. The summed E-state index contributed by atoms with van der Waals surface area (Å²) in [5.41, 5.74) is 3.24. The summed E-state index contributed by atoms with van der Waals surface area (Å²) in [5, 5.41) is 13.1. The SMILES string of the molecule is Cc1cccc(NCc2ccc(O)c(Cl)c2)c1Br. The molecule has 0 aromatic heterocycles. The largest absolute Gasteiger partial charge is 0.506 e. The average Bonchev–Trinajstić information content (AvgIpc) is 2.35. The number of halogens is 2. The summed E-state index contributed by atoms with van der Waals surface area (Å²) in [5.74, 6) is 0.108. The Bertz CT molecular complexity index is 572. The van der Waals surface area contributed by atoms with Crippen LogP contribution in [0, 0.1) is 6.92 Å². The first-order valence-corrected chi connectivity index (χ1v) is 6.71. The summed E-state index contributed by atoms with van der Waals surface area (Å²) in [6, 6.07) is 11.3. The van der Waals surface area contributed by atoms with E-state index in [0.29, 0.717) is 11.6 Å². The number of rotatable bonds is 3. The van der Waals surface area contributed by atoms with Gasteiger partial charge in [-0.05, 0) is 52.2 Å². The van der Waals surface area contributed by atoms with Crippen molar-refractivity contribution in [3.8, 4) is 5.75 Å². The van der Waals surface area contributed by atoms with Crippen molar-refractivity contribution in [3.05, 3.63) is 57.0 Å². The monoisotopic (exact) mass is 325 g/mol. The molecular weight excluding hydrogens is 314 g/mol. The van der Waals surface area contributed by atoms with E-state index in [1.165, 1.54) is 5.56 Å². The van der Waals surface area contributed by atoms with Gasteiger partial charge in [0, 0.05) is 16.7 Å². The highest BCUT2D eigenvalue weighted by molar-refractivity contribution is 9.10. The number of aryl methyl sites for hydroxylation is 1. The third-order valence-electron chi connectivity index (χ3n) is 2.69. The van der Waals surface area contributed by atoms with Gasteiger partial charge in [0.1, 0.15) is 5.75 Å². The molecule has 0 unspecified atom stereocenters. The Morgan fingerprint density at radius 1 is 1.28 bits per heavy atom. The number of aromatic hydroxyl groups is 1. The highest BCUT2D eigenvalue weighted by atomic mass is 79.9. The van der Waals surface area contributed by atoms with Gasteiger partial charge in [-0.25, -0.2) is 0 Å². The van der Waals surface area contributed by atoms with Crippen molar-refractivity contribution in [2.24, 2.45) is 0 Å². The van der Waals surface area contributed by atoms with Crippen molar-refractivity contribution in [3.63, 3.8) is 0 Å². The number of hydrogen-bond donors (Lipinski definition) is 2. The van der Waals surface area contributed by atoms with E-state index >= 15 is 0 Å². The molecule has 0 atom stereocenters. The zero-order valence-electron chi connectivity index (χ0n) is 9.87. The Labute approximate surface area is 120 Å². The maximum Gasteiger partial charge on any atom is 0.134 e. The Hall–Kier alpha value is -1.19. The quantitative estimate of drug-likeness (QED) is 0.854. The van der Waals surface area contributed by atoms with E-state index in [2.05, 4.69) is 21.2 Å². The summed E-state index contributed by atoms with van der Waals surface area (Å²) in [6.07, 6.45) is 0. The van der Waals surface area contributed by atoms with Crippen LogP contribution in [-0.4, -0.2) is 5.11 Å². The lowest BCUT2D eigenvalue weighted by atomic mass is 10.2. The van der Waals surface area contributed by atoms with Gasteiger partial charge in [-0.3, -0.25) is 0 Å². The lowest BCUT2D eigenvalue weighted by Gasteiger charge is -2.10. The van der Waals surface area contributed by atoms with Crippen LogP contribution in [0.5, 0.6) is 5.75 Å². The van der Waals surface area contributed by atoms with Gasteiger partial charge in [0.15, 0.2) is 0 Å². The molecule has 2 aromatic rings. The van der Waals surface area contributed by atoms with Crippen LogP contribution in [0.1, 0.15) is 11.1 Å². The Morgan fingerprint density at radius 3 is 2.78 bits per heavy atom. The van der Waals surface area contributed by atoms with Crippen LogP contribution in [0.25, 0.3) is 0 Å². The predicted molar refractivity (Wildman–Crippen MR) is 79.3 cm³/mol. The lowest BCUT2D eigenvalue weighted by Crippen LogP contribution is -2.00. The Kier molecular flexibility index (Phi) is 4.15. The molecule has 2 aromatic carbocycles. The van der Waals surface area contributed by atoms with Crippen LogP contribution >= 0.6 is 27.5 Å². The highest BCUT2D eigenvalue weighted by Gasteiger charge is 2.03. The van der Waals surface area contributed by atoms with Gasteiger partial charge in [0.2, 0.25) is 0 Å². The molecule has 0 spiro atoms. The zero-order chi connectivity index (χ0) is 13.1. The van der Waals surface area contributed by atoms with Gasteiger partial charge in [0.25, 0.3) is 0 Å². The number of nitrogens with one attached hydrogen (secondary N) is 1. The zero-order valence-corrected chi connectivity index (χ0v) is 12.2. The van der Waals surface area contributed by atoms with Crippen LogP contribution < -0.4 is 5.32 Å². The molecule has 2 rings (SSSR count). The molecule has 0 aliphatic rings. The van der Waals surface area contributed by atoms with Crippen LogP contribution in [-0.2, 0) is 6.54 Å². The summed E-state index contributed by atoms with van der Waals surface area (Å²) in [7, 11) is 0. The van der Waals surface area contributed by atoms with Crippen LogP contribution in [0.2, 0.25) is 5.02 Å². The molecule has 94 valence electrons. The first kappa shape index (κ1) is 13.2. The highest BCUT2D eigenvalue weighted by Crippen LogP contribution is 2.27. The van der Waals surface area contributed by atoms with E-state index in [0.717, 1.165) is 15.7 Å². The van der Waals surface area contributed by atoms with Crippen molar-refractivity contribution in [1.29, 1.82) is 0 Å². The van der Waals surface area contributed by atoms with E-state index in [1.54, 1.807) is 12.1 Å². The molecule has 0 heterocycles. The van der Waals surface area contributed by atoms with Crippen LogP contribution in [0.3, 0.4) is 0 Å². The van der Waals surface area contributed by atoms with Crippen molar-refractivity contribution in [1.82, 2.24) is 0 Å². The Balaban J connectivity index is 2.11. The van der Waals surface area contributed by atoms with E-state index in [4.69, 9.17) is 11.6 Å². The third-order valence-corrected chi connectivity index (χ3v) is 4.04. The molecule has 2 N–H and O–H groups in total. The van der Waals surface area contributed by atoms with Crippen LogP contribution in [0.4, 0.5) is 5.69 Å². The maximum atomic E-state index is 9.35. The van der Waals surface area contributed by atoms with Crippen LogP contribution in [0.15, 0.2) is 40.9 Å². The van der Waals surface area contributed by atoms with E-state index in [-0.39, 0.29) is 5.75 Å². The summed E-state index contributed by atoms with van der Waals surface area (Å²) in [6.45, 7) is 2.70. The van der Waals surface area contributed by atoms with Gasteiger partial charge in [-0.15, -0.1) is 0 Å². The fourth-order valence-electron chi connectivity index (χ4n) is 1.64. The molecule has 0 saturated heterocycles. The van der Waals surface area contributed by atoms with Gasteiger partial charge >= 0.3 is 0 Å². The van der Waals surface area contributed by atoms with E-state index in [9.17, 15) is 5.11 Å². The van der Waals surface area contributed by atoms with Crippen molar-refractivity contribution >= 4 is 33.2 Å². The molecule has 0 aliphatic carbocycles. The molecule has 0 radical (unpaired) electrons. The first-order valence-electron chi connectivity index (χ1n) is 5.54. The summed E-state index contributed by atoms with van der Waals surface area (Å²) >= 11 is 9.42. The molecule has 0 saturated carbocycles. The molecule has 18 heavy (non-hydrogen) atoms. The number of phenols is 1. The van der Waals surface area contributed by atoms with Gasteiger partial charge in [-0.2, -0.15) is 0 Å². The topological polar surface area (TPSA) is 32.3 Å². The standard InChI is InChI=1S/C14H13BrClNO/c1-9-3-2-4-12(14(9)15)17-8-10-5-6-13(18)11(16)7-10/h2-7,17-18H,8H2,1H3. The minimum absolute atomic E-state index is 0.108. The molecule has 2 nitrogen and oxygen atoms in total. The average molecular weight is 327 g/mol. The van der Waals surface area contributed by atoms with Gasteiger partial charge in [0.05, 0.1) is 5.02 Å². The fourth-order valence-corrected chi connectivity index (χ4v) is 2.25. The molecule has 0 amide bonds. The normalized spacial score (nSPS) is 10.4. The molecule has 0 aliphatic heterocycles. The molecular formula is C14H13BrClNO. The van der Waals surface area contributed by atoms with Gasteiger partial charge < -0.3 is 10.4 Å². The Morgan fingerprint density at radius 2 is 2.06 bits per heavy atom. The second-order valence-electron chi connectivity index (χ2n) is 4.08. The minimum Gasteiger partial charge on any atom is -0.506 e.